The standard InChI is InChI=1S/C18H23F3N2O4S/c19-18(20,21)28(25,26)16-6-2-1-5-15(16)23-9-7-13(8-10-23)17(24)22-12-14-4-3-11-27-14/h1-2,5-6,13-14H,3-4,7-12H2,(H,22,24)/t14-/m1/s1. The number of nitrogens with one attached hydrogen (secondary N) is 1. The molecule has 1 N–H and O–H groups in total. The average Bonchev–Trinajstić information content (AvgIpc) is 3.19. The van der Waals surface area contributed by atoms with Crippen molar-refractivity contribution in [2.24, 2.45) is 5.92 Å². The SMILES string of the molecule is O=C(NC[C@H]1CCCO1)C1CCN(c2ccccc2S(=O)(=O)C(F)(F)F)CC1. The first-order valence-electron chi connectivity index (χ1n) is 9.25. The van der Waals surface area contributed by atoms with Crippen LogP contribution in [0.2, 0.25) is 0 Å². The summed E-state index contributed by atoms with van der Waals surface area (Å²) >= 11 is 0. The molecule has 0 aliphatic carbocycles. The Morgan fingerprint density at radius 1 is 1.18 bits per heavy atom. The number of para-hydroxylation sites is 1. The largest absolute Gasteiger partial charge is 0.501 e. The number of alkyl halides is 3. The first kappa shape index (κ1) is 20.9. The number of carbonyl (C=O) groups is 1. The Balaban J connectivity index is 1.63. The van der Waals surface area contributed by atoms with Crippen LogP contribution >= 0.6 is 0 Å². The van der Waals surface area contributed by atoms with Crippen molar-refractivity contribution in [3.05, 3.63) is 24.3 Å². The number of piperidine rings is 1. The molecule has 156 valence electrons. The molecule has 1 aromatic carbocycles. The molecule has 3 rings (SSSR count). The van der Waals surface area contributed by atoms with E-state index in [2.05, 4.69) is 5.32 Å². The lowest BCUT2D eigenvalue weighted by Gasteiger charge is -2.34. The number of halogens is 3. The van der Waals surface area contributed by atoms with Gasteiger partial charge in [-0.15, -0.1) is 0 Å². The molecule has 10 heteroatoms. The zero-order valence-electron chi connectivity index (χ0n) is 15.2. The fraction of sp³-hybridized carbons (Fsp3) is 0.611. The molecule has 6 nitrogen and oxygen atoms in total. The molecule has 0 bridgehead atoms. The van der Waals surface area contributed by atoms with Crippen LogP contribution in [0, 0.1) is 5.92 Å². The molecule has 0 spiro atoms. The summed E-state index contributed by atoms with van der Waals surface area (Å²) in [6, 6.07) is 5.12. The highest BCUT2D eigenvalue weighted by Gasteiger charge is 2.48. The normalized spacial score (nSPS) is 21.7. The van der Waals surface area contributed by atoms with Crippen molar-refractivity contribution in [3.8, 4) is 0 Å². The van der Waals surface area contributed by atoms with Crippen LogP contribution < -0.4 is 10.2 Å². The minimum atomic E-state index is -5.44. The summed E-state index contributed by atoms with van der Waals surface area (Å²) in [7, 11) is -5.44. The van der Waals surface area contributed by atoms with Gasteiger partial charge in [-0.2, -0.15) is 13.2 Å². The number of ether oxygens (including phenoxy) is 1. The monoisotopic (exact) mass is 420 g/mol. The van der Waals surface area contributed by atoms with E-state index in [4.69, 9.17) is 4.74 Å². The molecule has 2 saturated heterocycles. The van der Waals surface area contributed by atoms with Crippen molar-refractivity contribution in [3.63, 3.8) is 0 Å². The molecular formula is C18H23F3N2O4S. The van der Waals surface area contributed by atoms with Gasteiger partial charge in [-0.05, 0) is 37.8 Å². The van der Waals surface area contributed by atoms with Gasteiger partial charge in [0.25, 0.3) is 9.84 Å². The minimum Gasteiger partial charge on any atom is -0.376 e. The molecular weight excluding hydrogens is 397 g/mol. The molecule has 28 heavy (non-hydrogen) atoms. The lowest BCUT2D eigenvalue weighted by atomic mass is 9.95. The van der Waals surface area contributed by atoms with Crippen LogP contribution in [0.3, 0.4) is 0 Å². The Labute approximate surface area is 162 Å². The lowest BCUT2D eigenvalue weighted by Crippen LogP contribution is -2.42. The van der Waals surface area contributed by atoms with E-state index in [-0.39, 0.29) is 23.6 Å². The lowest BCUT2D eigenvalue weighted by molar-refractivity contribution is -0.126. The van der Waals surface area contributed by atoms with E-state index < -0.39 is 20.2 Å². The zero-order valence-corrected chi connectivity index (χ0v) is 16.1. The predicted octanol–water partition coefficient (Wildman–Crippen LogP) is 2.49. The van der Waals surface area contributed by atoms with Gasteiger partial charge in [0, 0.05) is 32.2 Å². The molecule has 2 aliphatic rings. The molecule has 1 aromatic rings. The van der Waals surface area contributed by atoms with E-state index in [0.717, 1.165) is 18.9 Å². The summed E-state index contributed by atoms with van der Waals surface area (Å²) in [5, 5.41) is 2.88. The number of hydrogen-bond donors (Lipinski definition) is 1. The Morgan fingerprint density at radius 2 is 1.86 bits per heavy atom. The van der Waals surface area contributed by atoms with Crippen LogP contribution in [0.15, 0.2) is 29.2 Å². The molecule has 1 amide bonds. The summed E-state index contributed by atoms with van der Waals surface area (Å²) in [5.74, 6) is -0.338. The van der Waals surface area contributed by atoms with Gasteiger partial charge in [0.1, 0.15) is 0 Å². The highest BCUT2D eigenvalue weighted by Crippen LogP contribution is 2.37. The second kappa shape index (κ2) is 8.28. The molecule has 0 aromatic heterocycles. The average molecular weight is 420 g/mol. The molecule has 0 unspecified atom stereocenters. The number of carbonyl (C=O) groups excluding carboxylic acids is 1. The van der Waals surface area contributed by atoms with Crippen LogP contribution in [0.5, 0.6) is 0 Å². The fourth-order valence-corrected chi connectivity index (χ4v) is 4.60. The van der Waals surface area contributed by atoms with Crippen LogP contribution in [0.1, 0.15) is 25.7 Å². The molecule has 2 fully saturated rings. The summed E-state index contributed by atoms with van der Waals surface area (Å²) in [6.07, 6.45) is 2.83. The Hall–Kier alpha value is -1.81. The molecule has 2 aliphatic heterocycles. The highest BCUT2D eigenvalue weighted by molar-refractivity contribution is 7.92. The van der Waals surface area contributed by atoms with Crippen molar-refractivity contribution < 1.29 is 31.1 Å². The van der Waals surface area contributed by atoms with Crippen LogP contribution in [-0.2, 0) is 19.4 Å². The van der Waals surface area contributed by atoms with E-state index in [9.17, 15) is 26.4 Å². The van der Waals surface area contributed by atoms with E-state index in [1.165, 1.54) is 18.2 Å². The second-order valence-corrected chi connectivity index (χ2v) is 8.97. The van der Waals surface area contributed by atoms with Crippen LogP contribution in [0.4, 0.5) is 18.9 Å². The van der Waals surface area contributed by atoms with Crippen LogP contribution in [-0.4, -0.2) is 52.2 Å². The molecule has 0 radical (unpaired) electrons. The first-order valence-corrected chi connectivity index (χ1v) is 10.7. The van der Waals surface area contributed by atoms with E-state index in [0.29, 0.717) is 39.1 Å². The van der Waals surface area contributed by atoms with E-state index in [1.807, 2.05) is 0 Å². The van der Waals surface area contributed by atoms with Gasteiger partial charge < -0.3 is 15.0 Å². The van der Waals surface area contributed by atoms with Crippen molar-refractivity contribution in [1.29, 1.82) is 0 Å². The minimum absolute atomic E-state index is 0.0260. The van der Waals surface area contributed by atoms with Gasteiger partial charge >= 0.3 is 5.51 Å². The molecule has 0 saturated carbocycles. The fourth-order valence-electron chi connectivity index (χ4n) is 3.62. The number of sulfone groups is 1. The predicted molar refractivity (Wildman–Crippen MR) is 96.6 cm³/mol. The van der Waals surface area contributed by atoms with Gasteiger partial charge in [-0.3, -0.25) is 4.79 Å². The maximum Gasteiger partial charge on any atom is 0.501 e. The summed E-state index contributed by atoms with van der Waals surface area (Å²) < 4.78 is 68.1. The number of anilines is 1. The quantitative estimate of drug-likeness (QED) is 0.792. The van der Waals surface area contributed by atoms with Crippen LogP contribution in [0.25, 0.3) is 0 Å². The molecule has 2 heterocycles. The highest BCUT2D eigenvalue weighted by atomic mass is 32.2. The van der Waals surface area contributed by atoms with Gasteiger partial charge in [0.05, 0.1) is 16.7 Å². The smallest absolute Gasteiger partial charge is 0.376 e. The Bertz CT molecular complexity index is 799. The Morgan fingerprint density at radius 3 is 2.46 bits per heavy atom. The number of nitrogens with zero attached hydrogens (tertiary/aromatic N) is 1. The number of rotatable bonds is 5. The van der Waals surface area contributed by atoms with Gasteiger partial charge in [-0.1, -0.05) is 12.1 Å². The van der Waals surface area contributed by atoms with Crippen molar-refractivity contribution >= 4 is 21.4 Å². The van der Waals surface area contributed by atoms with Crippen molar-refractivity contribution in [2.45, 2.75) is 42.2 Å². The Kier molecular flexibility index (Phi) is 6.18. The van der Waals surface area contributed by atoms with Gasteiger partial charge in [-0.25, -0.2) is 8.42 Å². The van der Waals surface area contributed by atoms with Crippen molar-refractivity contribution in [2.75, 3.05) is 31.1 Å². The van der Waals surface area contributed by atoms with Gasteiger partial charge in [0.2, 0.25) is 5.91 Å². The molecule has 1 atom stereocenters. The number of hydrogen-bond acceptors (Lipinski definition) is 5. The van der Waals surface area contributed by atoms with E-state index in [1.54, 1.807) is 4.90 Å². The van der Waals surface area contributed by atoms with Crippen molar-refractivity contribution in [1.82, 2.24) is 5.32 Å². The third-order valence-electron chi connectivity index (χ3n) is 5.19. The summed E-state index contributed by atoms with van der Waals surface area (Å²) in [4.78, 5) is 13.2. The van der Waals surface area contributed by atoms with E-state index >= 15 is 0 Å². The summed E-state index contributed by atoms with van der Waals surface area (Å²) in [5.41, 5.74) is -5.33. The topological polar surface area (TPSA) is 75.7 Å². The first-order chi connectivity index (χ1) is 13.2. The third-order valence-corrected chi connectivity index (χ3v) is 6.73. The number of benzene rings is 1. The maximum absolute atomic E-state index is 13.0. The maximum atomic E-state index is 13.0. The summed E-state index contributed by atoms with van der Waals surface area (Å²) in [6.45, 7) is 1.79. The number of amides is 1. The van der Waals surface area contributed by atoms with Gasteiger partial charge in [0.15, 0.2) is 0 Å². The third kappa shape index (κ3) is 4.43. The zero-order chi connectivity index (χ0) is 20.4. The second-order valence-electron chi connectivity index (χ2n) is 7.06.